The smallest absolute Gasteiger partial charge is 0.130 e. The van der Waals surface area contributed by atoms with E-state index in [1.807, 2.05) is 30.3 Å². The maximum atomic E-state index is 6.61. The average molecular weight is 717 g/mol. The van der Waals surface area contributed by atoms with Crippen molar-refractivity contribution in [2.75, 3.05) is 0 Å². The quantitative estimate of drug-likeness (QED) is 0.134. The lowest BCUT2D eigenvalue weighted by Crippen LogP contribution is -2.42. The van der Waals surface area contributed by atoms with Gasteiger partial charge in [-0.2, -0.15) is 0 Å². The molecule has 0 saturated carbocycles. The largest absolute Gasteiger partial charge is 0.383 e. The van der Waals surface area contributed by atoms with E-state index in [1.54, 1.807) is 11.1 Å². The van der Waals surface area contributed by atoms with Crippen molar-refractivity contribution in [1.29, 1.82) is 0 Å². The molecule has 0 fully saturated rings. The van der Waals surface area contributed by atoms with Crippen LogP contribution in [0.25, 0.3) is 11.1 Å². The maximum Gasteiger partial charge on any atom is 0.130 e. The molecule has 2 heteroatoms. The van der Waals surface area contributed by atoms with Crippen molar-refractivity contribution in [2.45, 2.75) is 69.1 Å². The van der Waals surface area contributed by atoms with E-state index in [0.29, 0.717) is 23.6 Å². The second-order valence-electron chi connectivity index (χ2n) is 16.0. The van der Waals surface area contributed by atoms with E-state index in [4.69, 9.17) is 10.7 Å². The Balaban J connectivity index is 1.02. The van der Waals surface area contributed by atoms with Gasteiger partial charge < -0.3 is 5.73 Å². The summed E-state index contributed by atoms with van der Waals surface area (Å²) in [4.78, 5) is 5.05. The standard InChI is InChI=1S/C53H52N2/c54-52(41-19-7-2-8-20-41)55-50(36-31-38-17-5-1-6-18-38)40-34-32-39(33-35-40)42-21-15-22-43(37-42)46-28-16-30-49-51(46)47-27-13-14-29-48(47)53(49,44-23-9-3-10-24-44)45-25-11-4-12-26-45/h2-3,5,7-9,11,13-23,25,27-30,32-34,36-37,40,45,49,51H,1,4,6,10,12,24,26,31,35H2,(H2,54,55)/b50-36-. The Bertz CT molecular complexity index is 2280. The minimum Gasteiger partial charge on any atom is -0.383 e. The summed E-state index contributed by atoms with van der Waals surface area (Å²) in [5, 5.41) is 0. The first-order valence-electron chi connectivity index (χ1n) is 20.6. The third-order valence-corrected chi connectivity index (χ3v) is 12.9. The van der Waals surface area contributed by atoms with Crippen LogP contribution in [0.3, 0.4) is 0 Å². The van der Waals surface area contributed by atoms with Crippen LogP contribution >= 0.6 is 0 Å². The summed E-state index contributed by atoms with van der Waals surface area (Å²) in [6.07, 6.45) is 45.7. The maximum absolute atomic E-state index is 6.61. The monoisotopic (exact) mass is 716 g/mol. The molecule has 0 radical (unpaired) electrons. The molecule has 2 nitrogen and oxygen atoms in total. The van der Waals surface area contributed by atoms with Crippen molar-refractivity contribution in [1.82, 2.24) is 0 Å². The first-order chi connectivity index (χ1) is 27.2. The van der Waals surface area contributed by atoms with Gasteiger partial charge in [-0.05, 0) is 109 Å². The Kier molecular flexibility index (Phi) is 10.1. The van der Waals surface area contributed by atoms with Crippen LogP contribution < -0.4 is 5.73 Å². The van der Waals surface area contributed by atoms with Gasteiger partial charge in [-0.3, -0.25) is 0 Å². The number of hydrogen-bond acceptors (Lipinski definition) is 1. The summed E-state index contributed by atoms with van der Waals surface area (Å²) in [5.41, 5.74) is 19.9. The number of fused-ring (bicyclic) bond motifs is 3. The van der Waals surface area contributed by atoms with Gasteiger partial charge in [-0.25, -0.2) is 4.99 Å². The van der Waals surface area contributed by atoms with Crippen LogP contribution in [0.5, 0.6) is 0 Å². The summed E-state index contributed by atoms with van der Waals surface area (Å²) in [5.74, 6) is 1.92. The van der Waals surface area contributed by atoms with Gasteiger partial charge in [0.25, 0.3) is 0 Å². The van der Waals surface area contributed by atoms with Crippen molar-refractivity contribution < 1.29 is 0 Å². The van der Waals surface area contributed by atoms with Crippen LogP contribution in [-0.2, 0) is 5.41 Å². The lowest BCUT2D eigenvalue weighted by atomic mass is 9.56. The lowest BCUT2D eigenvalue weighted by Gasteiger charge is -2.47. The normalized spacial score (nSPS) is 27.2. The molecule has 274 valence electrons. The van der Waals surface area contributed by atoms with Gasteiger partial charge in [0, 0.05) is 34.4 Å². The molecule has 55 heavy (non-hydrogen) atoms. The highest BCUT2D eigenvalue weighted by molar-refractivity contribution is 5.98. The van der Waals surface area contributed by atoms with Crippen molar-refractivity contribution in [3.05, 3.63) is 215 Å². The highest BCUT2D eigenvalue weighted by Gasteiger charge is 2.57. The topological polar surface area (TPSA) is 38.4 Å². The number of allylic oxidation sites excluding steroid dienone is 19. The predicted octanol–water partition coefficient (Wildman–Crippen LogP) is 12.8. The van der Waals surface area contributed by atoms with Crippen LogP contribution in [0.2, 0.25) is 0 Å². The molecule has 2 N–H and O–H groups in total. The fourth-order valence-electron chi connectivity index (χ4n) is 10.3. The fourth-order valence-corrected chi connectivity index (χ4v) is 10.3. The molecule has 0 aromatic heterocycles. The number of nitrogens with two attached hydrogens (primary N) is 1. The molecule has 3 aromatic carbocycles. The van der Waals surface area contributed by atoms with Crippen LogP contribution in [0.15, 0.2) is 192 Å². The molecule has 5 atom stereocenters. The van der Waals surface area contributed by atoms with Crippen molar-refractivity contribution in [3.63, 3.8) is 0 Å². The molecule has 0 spiro atoms. The van der Waals surface area contributed by atoms with E-state index in [1.165, 1.54) is 52.7 Å². The van der Waals surface area contributed by atoms with E-state index >= 15 is 0 Å². The summed E-state index contributed by atoms with van der Waals surface area (Å²) in [6.45, 7) is 0. The summed E-state index contributed by atoms with van der Waals surface area (Å²) >= 11 is 0. The average Bonchev–Trinajstić information content (AvgIpc) is 3.58. The van der Waals surface area contributed by atoms with Crippen LogP contribution in [0, 0.1) is 17.8 Å². The van der Waals surface area contributed by atoms with Crippen molar-refractivity contribution in [2.24, 2.45) is 28.5 Å². The van der Waals surface area contributed by atoms with Crippen LogP contribution in [0.1, 0.15) is 91.5 Å². The highest BCUT2D eigenvalue weighted by Crippen LogP contribution is 2.65. The van der Waals surface area contributed by atoms with Crippen molar-refractivity contribution >= 4 is 17.0 Å². The first-order valence-corrected chi connectivity index (χ1v) is 20.6. The van der Waals surface area contributed by atoms with E-state index in [9.17, 15) is 0 Å². The Morgan fingerprint density at radius 3 is 2.47 bits per heavy atom. The SMILES string of the molecule is NC(=N/C(=C\CC1=CCCC=C1)C1C=CC(c2cccc(C3=CC=CC4C3c3ccccc3C4(C3=CC=CCC3)C3C=CCCC3)c2)=CC1)c1ccccc1. The van der Waals surface area contributed by atoms with E-state index < -0.39 is 0 Å². The van der Waals surface area contributed by atoms with E-state index in [-0.39, 0.29) is 11.3 Å². The van der Waals surface area contributed by atoms with Crippen molar-refractivity contribution in [3.8, 4) is 0 Å². The van der Waals surface area contributed by atoms with Crippen LogP contribution in [-0.4, -0.2) is 5.84 Å². The second-order valence-corrected chi connectivity index (χ2v) is 16.0. The molecule has 6 aliphatic rings. The molecule has 3 aromatic rings. The number of benzene rings is 3. The first kappa shape index (κ1) is 35.2. The Morgan fingerprint density at radius 1 is 0.782 bits per heavy atom. The second kappa shape index (κ2) is 15.7. The number of hydrogen-bond donors (Lipinski definition) is 1. The highest BCUT2D eigenvalue weighted by atomic mass is 14.9. The summed E-state index contributed by atoms with van der Waals surface area (Å²) < 4.78 is 0. The zero-order chi connectivity index (χ0) is 37.0. The lowest BCUT2D eigenvalue weighted by molar-refractivity contribution is 0.267. The molecule has 0 amide bonds. The van der Waals surface area contributed by atoms with Gasteiger partial charge in [0.15, 0.2) is 0 Å². The Hall–Kier alpha value is -5.47. The molecular weight excluding hydrogens is 665 g/mol. The molecule has 5 unspecified atom stereocenters. The Morgan fingerprint density at radius 2 is 1.67 bits per heavy atom. The van der Waals surface area contributed by atoms with Gasteiger partial charge in [0.1, 0.15) is 5.84 Å². The molecule has 0 heterocycles. The summed E-state index contributed by atoms with van der Waals surface area (Å²) in [6, 6.07) is 28.9. The van der Waals surface area contributed by atoms with Crippen LogP contribution in [0.4, 0.5) is 0 Å². The van der Waals surface area contributed by atoms with E-state index in [0.717, 1.165) is 49.8 Å². The van der Waals surface area contributed by atoms with E-state index in [2.05, 4.69) is 140 Å². The van der Waals surface area contributed by atoms with Gasteiger partial charge in [0.2, 0.25) is 0 Å². The van der Waals surface area contributed by atoms with Gasteiger partial charge in [-0.1, -0.05) is 170 Å². The number of amidine groups is 1. The number of nitrogens with zero attached hydrogens (tertiary/aromatic N) is 1. The third kappa shape index (κ3) is 6.78. The fraction of sp³-hybridized carbons (Fsp3) is 0.264. The number of rotatable bonds is 9. The third-order valence-electron chi connectivity index (χ3n) is 12.9. The minimum atomic E-state index is -0.0262. The van der Waals surface area contributed by atoms with Gasteiger partial charge in [-0.15, -0.1) is 0 Å². The predicted molar refractivity (Wildman–Crippen MR) is 232 cm³/mol. The molecular formula is C53H52N2. The molecule has 9 rings (SSSR count). The zero-order valence-corrected chi connectivity index (χ0v) is 31.9. The van der Waals surface area contributed by atoms with Gasteiger partial charge >= 0.3 is 0 Å². The Labute approximate surface area is 328 Å². The molecule has 6 aliphatic carbocycles. The zero-order valence-electron chi connectivity index (χ0n) is 31.9. The molecule has 0 aliphatic heterocycles. The molecule has 0 saturated heterocycles. The summed E-state index contributed by atoms with van der Waals surface area (Å²) in [7, 11) is 0. The molecule has 0 bridgehead atoms. The number of aliphatic imine (C=N–C) groups is 1. The van der Waals surface area contributed by atoms with Gasteiger partial charge in [0.05, 0.1) is 0 Å². The minimum absolute atomic E-state index is 0.0262.